The summed E-state index contributed by atoms with van der Waals surface area (Å²) in [6, 6.07) is 13.3. The van der Waals surface area contributed by atoms with Crippen molar-refractivity contribution in [1.82, 2.24) is 4.98 Å². The van der Waals surface area contributed by atoms with Gasteiger partial charge in [-0.1, -0.05) is 35.4 Å². The molecule has 0 aliphatic carbocycles. The molecule has 1 aromatic heterocycles. The second-order valence-electron chi connectivity index (χ2n) is 5.99. The van der Waals surface area contributed by atoms with E-state index in [1.54, 1.807) is 6.07 Å². The molecule has 0 radical (unpaired) electrons. The summed E-state index contributed by atoms with van der Waals surface area (Å²) in [5.74, 6) is 0.593. The second kappa shape index (κ2) is 7.89. The average molecular weight is 387 g/mol. The number of ether oxygens (including phenoxy) is 1. The highest BCUT2D eigenvalue weighted by Crippen LogP contribution is 2.26. The lowest BCUT2D eigenvalue weighted by Crippen LogP contribution is -2.12. The van der Waals surface area contributed by atoms with Gasteiger partial charge in [-0.15, -0.1) is 11.3 Å². The molecular formula is C20H19ClN2O2S. The summed E-state index contributed by atoms with van der Waals surface area (Å²) >= 11 is 7.45. The Labute approximate surface area is 161 Å². The minimum Gasteiger partial charge on any atom is -0.486 e. The Morgan fingerprint density at radius 2 is 1.88 bits per heavy atom. The molecule has 0 aliphatic heterocycles. The summed E-state index contributed by atoms with van der Waals surface area (Å²) in [4.78, 5) is 17.6. The van der Waals surface area contributed by atoms with Gasteiger partial charge >= 0.3 is 0 Å². The number of amides is 1. The Morgan fingerprint density at radius 3 is 2.62 bits per heavy atom. The highest BCUT2D eigenvalue weighted by Gasteiger charge is 2.17. The van der Waals surface area contributed by atoms with Crippen LogP contribution in [0.1, 0.15) is 31.5 Å². The predicted molar refractivity (Wildman–Crippen MR) is 107 cm³/mol. The van der Waals surface area contributed by atoms with Gasteiger partial charge in [0.15, 0.2) is 0 Å². The van der Waals surface area contributed by atoms with Crippen LogP contribution in [0.15, 0.2) is 42.5 Å². The fourth-order valence-electron chi connectivity index (χ4n) is 2.43. The number of aromatic nitrogens is 1. The van der Waals surface area contributed by atoms with E-state index in [2.05, 4.69) is 10.3 Å². The molecule has 2 aromatic carbocycles. The number of nitrogens with one attached hydrogen (secondary N) is 1. The number of halogens is 1. The van der Waals surface area contributed by atoms with Gasteiger partial charge < -0.3 is 10.1 Å². The average Bonchev–Trinajstić information content (AvgIpc) is 2.99. The van der Waals surface area contributed by atoms with Gasteiger partial charge in [0.25, 0.3) is 5.91 Å². The highest BCUT2D eigenvalue weighted by atomic mass is 35.5. The van der Waals surface area contributed by atoms with E-state index in [0.29, 0.717) is 27.9 Å². The molecule has 134 valence electrons. The van der Waals surface area contributed by atoms with Crippen LogP contribution in [-0.4, -0.2) is 10.9 Å². The minimum atomic E-state index is -0.188. The lowest BCUT2D eigenvalue weighted by molar-refractivity contribution is 0.102. The van der Waals surface area contributed by atoms with Crippen molar-refractivity contribution in [3.8, 4) is 5.75 Å². The van der Waals surface area contributed by atoms with Crippen LogP contribution in [0.3, 0.4) is 0 Å². The molecule has 0 unspecified atom stereocenters. The van der Waals surface area contributed by atoms with Crippen molar-refractivity contribution in [2.75, 3.05) is 5.32 Å². The zero-order valence-corrected chi connectivity index (χ0v) is 16.4. The summed E-state index contributed by atoms with van der Waals surface area (Å²) in [5, 5.41) is 4.29. The van der Waals surface area contributed by atoms with Crippen LogP contribution >= 0.6 is 22.9 Å². The van der Waals surface area contributed by atoms with Gasteiger partial charge in [0.1, 0.15) is 22.2 Å². The summed E-state index contributed by atoms with van der Waals surface area (Å²) in [7, 11) is 0. The molecule has 0 atom stereocenters. The number of nitrogens with zero attached hydrogens (tertiary/aromatic N) is 1. The molecule has 3 rings (SSSR count). The van der Waals surface area contributed by atoms with Gasteiger partial charge in [-0.05, 0) is 50.6 Å². The molecule has 1 amide bonds. The summed E-state index contributed by atoms with van der Waals surface area (Å²) in [6.45, 7) is 6.06. The number of hydrogen-bond acceptors (Lipinski definition) is 4. The Balaban J connectivity index is 1.70. The minimum absolute atomic E-state index is 0.188. The van der Waals surface area contributed by atoms with Gasteiger partial charge in [-0.25, -0.2) is 4.98 Å². The molecule has 0 bridgehead atoms. The summed E-state index contributed by atoms with van der Waals surface area (Å²) in [5.41, 5.74) is 3.41. The van der Waals surface area contributed by atoms with Crippen LogP contribution < -0.4 is 10.1 Å². The second-order valence-corrected chi connectivity index (χ2v) is 7.48. The topological polar surface area (TPSA) is 51.2 Å². The van der Waals surface area contributed by atoms with E-state index >= 15 is 0 Å². The zero-order valence-electron chi connectivity index (χ0n) is 14.8. The van der Waals surface area contributed by atoms with Crippen molar-refractivity contribution < 1.29 is 9.53 Å². The SMILES string of the molecule is Cc1ccc(OCc2nc(C)c(C(=O)Nc3cccc(Cl)c3C)s2)cc1. The number of rotatable bonds is 5. The van der Waals surface area contributed by atoms with Gasteiger partial charge in [0, 0.05) is 10.7 Å². The Hall–Kier alpha value is -2.37. The zero-order chi connectivity index (χ0) is 18.7. The monoisotopic (exact) mass is 386 g/mol. The van der Waals surface area contributed by atoms with Gasteiger partial charge in [0.05, 0.1) is 5.69 Å². The van der Waals surface area contributed by atoms with E-state index in [-0.39, 0.29) is 5.91 Å². The first-order chi connectivity index (χ1) is 12.4. The van der Waals surface area contributed by atoms with Crippen LogP contribution in [0.2, 0.25) is 5.02 Å². The molecule has 1 N–H and O–H groups in total. The Kier molecular flexibility index (Phi) is 5.59. The number of carbonyl (C=O) groups excluding carboxylic acids is 1. The first kappa shape index (κ1) is 18.4. The van der Waals surface area contributed by atoms with Crippen LogP contribution in [0, 0.1) is 20.8 Å². The normalized spacial score (nSPS) is 10.6. The maximum Gasteiger partial charge on any atom is 0.267 e. The first-order valence-electron chi connectivity index (χ1n) is 8.16. The van der Waals surface area contributed by atoms with Crippen LogP contribution in [-0.2, 0) is 6.61 Å². The molecule has 4 nitrogen and oxygen atoms in total. The molecule has 1 heterocycles. The molecule has 0 spiro atoms. The van der Waals surface area contributed by atoms with Crippen LogP contribution in [0.5, 0.6) is 5.75 Å². The Morgan fingerprint density at radius 1 is 1.15 bits per heavy atom. The van der Waals surface area contributed by atoms with E-state index < -0.39 is 0 Å². The molecule has 0 aliphatic rings. The summed E-state index contributed by atoms with van der Waals surface area (Å²) < 4.78 is 5.75. The fourth-order valence-corrected chi connectivity index (χ4v) is 3.47. The van der Waals surface area contributed by atoms with Crippen molar-refractivity contribution in [3.63, 3.8) is 0 Å². The predicted octanol–water partition coefficient (Wildman–Crippen LogP) is 5.55. The molecule has 3 aromatic rings. The lowest BCUT2D eigenvalue weighted by atomic mass is 10.2. The van der Waals surface area contributed by atoms with Crippen LogP contribution in [0.25, 0.3) is 0 Å². The first-order valence-corrected chi connectivity index (χ1v) is 9.35. The molecule has 0 fully saturated rings. The molecule has 6 heteroatoms. The third kappa shape index (κ3) is 4.23. The van der Waals surface area contributed by atoms with Crippen molar-refractivity contribution in [1.29, 1.82) is 0 Å². The third-order valence-corrected chi connectivity index (χ3v) is 5.49. The van der Waals surface area contributed by atoms with Crippen molar-refractivity contribution in [2.45, 2.75) is 27.4 Å². The van der Waals surface area contributed by atoms with E-state index in [9.17, 15) is 4.79 Å². The van der Waals surface area contributed by atoms with Gasteiger partial charge in [0.2, 0.25) is 0 Å². The maximum absolute atomic E-state index is 12.6. The molecular weight excluding hydrogens is 368 g/mol. The number of thiazole rings is 1. The Bertz CT molecular complexity index is 935. The number of aryl methyl sites for hydroxylation is 2. The van der Waals surface area contributed by atoms with Crippen molar-refractivity contribution in [2.24, 2.45) is 0 Å². The van der Waals surface area contributed by atoms with Gasteiger partial charge in [-0.3, -0.25) is 4.79 Å². The number of hydrogen-bond donors (Lipinski definition) is 1. The number of carbonyl (C=O) groups is 1. The van der Waals surface area contributed by atoms with E-state index in [4.69, 9.17) is 16.3 Å². The number of anilines is 1. The quantitative estimate of drug-likeness (QED) is 0.625. The van der Waals surface area contributed by atoms with E-state index in [0.717, 1.165) is 16.3 Å². The van der Waals surface area contributed by atoms with E-state index in [1.165, 1.54) is 16.9 Å². The largest absolute Gasteiger partial charge is 0.486 e. The molecule has 0 saturated carbocycles. The number of benzene rings is 2. The molecule has 0 saturated heterocycles. The van der Waals surface area contributed by atoms with Crippen LogP contribution in [0.4, 0.5) is 5.69 Å². The van der Waals surface area contributed by atoms with Crippen molar-refractivity contribution in [3.05, 3.63) is 74.2 Å². The lowest BCUT2D eigenvalue weighted by Gasteiger charge is -2.08. The standard InChI is InChI=1S/C20H19ClN2O2S/c1-12-7-9-15(10-8-12)25-11-18-22-14(3)19(26-18)20(24)23-17-6-4-5-16(21)13(17)2/h4-10H,11H2,1-3H3,(H,23,24). The van der Waals surface area contributed by atoms with Crippen molar-refractivity contribution >= 4 is 34.5 Å². The van der Waals surface area contributed by atoms with E-state index in [1.807, 2.05) is 57.2 Å². The van der Waals surface area contributed by atoms with Gasteiger partial charge in [-0.2, -0.15) is 0 Å². The third-order valence-electron chi connectivity index (χ3n) is 3.95. The smallest absolute Gasteiger partial charge is 0.267 e. The maximum atomic E-state index is 12.6. The summed E-state index contributed by atoms with van der Waals surface area (Å²) in [6.07, 6.45) is 0. The fraction of sp³-hybridized carbons (Fsp3) is 0.200. The molecule has 26 heavy (non-hydrogen) atoms. The highest BCUT2D eigenvalue weighted by molar-refractivity contribution is 7.13.